The van der Waals surface area contributed by atoms with Crippen molar-refractivity contribution in [1.29, 1.82) is 0 Å². The number of aromatic amines is 1. The van der Waals surface area contributed by atoms with Crippen LogP contribution >= 0.6 is 0 Å². The predicted octanol–water partition coefficient (Wildman–Crippen LogP) is 0.111. The third kappa shape index (κ3) is 3.42. The number of benzene rings is 1. The van der Waals surface area contributed by atoms with E-state index in [4.69, 9.17) is 9.47 Å². The van der Waals surface area contributed by atoms with E-state index in [2.05, 4.69) is 10.3 Å². The summed E-state index contributed by atoms with van der Waals surface area (Å²) in [6.07, 6.45) is -5.02. The van der Waals surface area contributed by atoms with Crippen molar-refractivity contribution in [2.75, 3.05) is 5.32 Å². The number of aromatic nitrogens is 1. The molecule has 1 amide bonds. The Bertz CT molecular complexity index is 834. The molecule has 1 aliphatic rings. The van der Waals surface area contributed by atoms with Gasteiger partial charge in [0, 0.05) is 29.7 Å². The summed E-state index contributed by atoms with van der Waals surface area (Å²) >= 11 is 0. The minimum Gasteiger partial charge on any atom is -0.429 e. The van der Waals surface area contributed by atoms with Gasteiger partial charge in [-0.05, 0) is 25.1 Å². The molecule has 26 heavy (non-hydrogen) atoms. The van der Waals surface area contributed by atoms with Gasteiger partial charge in [0.15, 0.2) is 0 Å². The number of fused-ring (bicyclic) bond motifs is 1. The van der Waals surface area contributed by atoms with Crippen LogP contribution in [-0.2, 0) is 14.3 Å². The normalized spacial score (nSPS) is 28.7. The smallest absolute Gasteiger partial charge is 0.341 e. The number of aliphatic hydroxyl groups excluding tert-OH is 3. The highest BCUT2D eigenvalue weighted by molar-refractivity contribution is 6.06. The zero-order valence-electron chi connectivity index (χ0n) is 14.2. The number of carbonyl (C=O) groups is 2. The van der Waals surface area contributed by atoms with Crippen LogP contribution in [0.3, 0.4) is 0 Å². The van der Waals surface area contributed by atoms with E-state index in [1.165, 1.54) is 19.9 Å². The Hall–Kier alpha value is -2.46. The third-order valence-corrected chi connectivity index (χ3v) is 4.24. The fourth-order valence-corrected chi connectivity index (χ4v) is 2.89. The van der Waals surface area contributed by atoms with E-state index in [0.29, 0.717) is 16.6 Å². The van der Waals surface area contributed by atoms with Gasteiger partial charge in [-0.15, -0.1) is 0 Å². The number of H-pyrrole nitrogens is 1. The molecule has 2 aromatic rings. The highest BCUT2D eigenvalue weighted by Gasteiger charge is 2.44. The minimum absolute atomic E-state index is 0.150. The standard InChI is InChI=1S/C17H20N2O7/c1-7-13(21)14(22)15(23)17(25-7)26-16(24)11-5-9(19-8(2)20)6-12-10(11)3-4-18-12/h3-7,13-15,17-18,21-23H,1-2H3,(H,19,20)/t7-,13-,14+,15+,17-/m0/s1. The van der Waals surface area contributed by atoms with Crippen LogP contribution in [0.1, 0.15) is 24.2 Å². The van der Waals surface area contributed by atoms with E-state index < -0.39 is 36.7 Å². The summed E-state index contributed by atoms with van der Waals surface area (Å²) in [5, 5.41) is 32.7. The molecule has 0 spiro atoms. The summed E-state index contributed by atoms with van der Waals surface area (Å²) in [5.74, 6) is -1.10. The molecule has 1 aromatic carbocycles. The van der Waals surface area contributed by atoms with Crippen molar-refractivity contribution in [3.8, 4) is 0 Å². The third-order valence-electron chi connectivity index (χ3n) is 4.24. The SMILES string of the molecule is CC(=O)Nc1cc(C(=O)O[C@@H]2O[C@@H](C)[C@H](O)[C@@H](O)[C@H]2O)c2cc[nH]c2c1. The van der Waals surface area contributed by atoms with Gasteiger partial charge in [-0.3, -0.25) is 4.79 Å². The van der Waals surface area contributed by atoms with Gasteiger partial charge < -0.3 is 35.1 Å². The van der Waals surface area contributed by atoms with Crippen LogP contribution in [-0.4, -0.2) is 62.9 Å². The van der Waals surface area contributed by atoms with E-state index in [1.54, 1.807) is 18.3 Å². The van der Waals surface area contributed by atoms with Crippen LogP contribution < -0.4 is 5.32 Å². The molecule has 0 saturated carbocycles. The maximum absolute atomic E-state index is 12.6. The second-order valence-electron chi connectivity index (χ2n) is 6.23. The largest absolute Gasteiger partial charge is 0.429 e. The second kappa shape index (κ2) is 7.04. The van der Waals surface area contributed by atoms with E-state index in [-0.39, 0.29) is 11.5 Å². The molecule has 3 rings (SSSR count). The molecule has 9 nitrogen and oxygen atoms in total. The monoisotopic (exact) mass is 364 g/mol. The highest BCUT2D eigenvalue weighted by Crippen LogP contribution is 2.27. The van der Waals surface area contributed by atoms with Crippen molar-refractivity contribution >= 4 is 28.5 Å². The van der Waals surface area contributed by atoms with Crippen molar-refractivity contribution in [3.63, 3.8) is 0 Å². The maximum atomic E-state index is 12.6. The lowest BCUT2D eigenvalue weighted by molar-refractivity contribution is -0.276. The van der Waals surface area contributed by atoms with Gasteiger partial charge in [-0.2, -0.15) is 0 Å². The number of anilines is 1. The van der Waals surface area contributed by atoms with Gasteiger partial charge in [0.05, 0.1) is 11.7 Å². The van der Waals surface area contributed by atoms with Crippen LogP contribution in [0, 0.1) is 0 Å². The van der Waals surface area contributed by atoms with Gasteiger partial charge in [-0.25, -0.2) is 4.79 Å². The van der Waals surface area contributed by atoms with Crippen LogP contribution in [0.25, 0.3) is 10.9 Å². The number of aliphatic hydroxyl groups is 3. The van der Waals surface area contributed by atoms with Crippen LogP contribution in [0.5, 0.6) is 0 Å². The average Bonchev–Trinajstić information content (AvgIpc) is 3.04. The topological polar surface area (TPSA) is 141 Å². The number of hydrogen-bond donors (Lipinski definition) is 5. The molecule has 0 unspecified atom stereocenters. The maximum Gasteiger partial charge on any atom is 0.341 e. The van der Waals surface area contributed by atoms with E-state index >= 15 is 0 Å². The Labute approximate surface area is 148 Å². The second-order valence-corrected chi connectivity index (χ2v) is 6.23. The number of esters is 1. The summed E-state index contributed by atoms with van der Waals surface area (Å²) in [7, 11) is 0. The molecular weight excluding hydrogens is 344 g/mol. The van der Waals surface area contributed by atoms with E-state index in [9.17, 15) is 24.9 Å². The summed E-state index contributed by atoms with van der Waals surface area (Å²) in [4.78, 5) is 26.9. The zero-order chi connectivity index (χ0) is 19.0. The Morgan fingerprint density at radius 3 is 2.62 bits per heavy atom. The highest BCUT2D eigenvalue weighted by atomic mass is 16.7. The molecule has 1 fully saturated rings. The lowest BCUT2D eigenvalue weighted by atomic mass is 10.00. The Kier molecular flexibility index (Phi) is 4.97. The molecule has 2 heterocycles. The molecule has 1 saturated heterocycles. The van der Waals surface area contributed by atoms with Crippen LogP contribution in [0.2, 0.25) is 0 Å². The first kappa shape index (κ1) is 18.3. The Balaban J connectivity index is 1.87. The number of ether oxygens (including phenoxy) is 2. The van der Waals surface area contributed by atoms with Crippen LogP contribution in [0.4, 0.5) is 5.69 Å². The molecule has 9 heteroatoms. The summed E-state index contributed by atoms with van der Waals surface area (Å²) in [6.45, 7) is 2.83. The summed E-state index contributed by atoms with van der Waals surface area (Å²) < 4.78 is 10.5. The number of nitrogens with one attached hydrogen (secondary N) is 2. The summed E-state index contributed by atoms with van der Waals surface area (Å²) in [5.41, 5.74) is 1.15. The Morgan fingerprint density at radius 2 is 1.92 bits per heavy atom. The molecular formula is C17H20N2O7. The van der Waals surface area contributed by atoms with Crippen molar-refractivity contribution < 1.29 is 34.4 Å². The van der Waals surface area contributed by atoms with E-state index in [0.717, 1.165) is 0 Å². The first-order chi connectivity index (χ1) is 12.3. The lowest BCUT2D eigenvalue weighted by Gasteiger charge is -2.38. The molecule has 140 valence electrons. The van der Waals surface area contributed by atoms with E-state index in [1.807, 2.05) is 0 Å². The molecule has 5 N–H and O–H groups in total. The molecule has 1 aromatic heterocycles. The molecule has 0 aliphatic carbocycles. The number of hydrogen-bond acceptors (Lipinski definition) is 7. The van der Waals surface area contributed by atoms with Crippen molar-refractivity contribution in [2.24, 2.45) is 0 Å². The minimum atomic E-state index is -1.59. The number of carbonyl (C=O) groups excluding carboxylic acids is 2. The van der Waals surface area contributed by atoms with Gasteiger partial charge in [0.25, 0.3) is 0 Å². The fourth-order valence-electron chi connectivity index (χ4n) is 2.89. The van der Waals surface area contributed by atoms with Gasteiger partial charge in [0.2, 0.25) is 12.2 Å². The zero-order valence-corrected chi connectivity index (χ0v) is 14.2. The van der Waals surface area contributed by atoms with Crippen LogP contribution in [0.15, 0.2) is 24.4 Å². The van der Waals surface area contributed by atoms with Crippen molar-refractivity contribution in [3.05, 3.63) is 30.0 Å². The first-order valence-corrected chi connectivity index (χ1v) is 8.07. The number of amides is 1. The molecule has 5 atom stereocenters. The summed E-state index contributed by atoms with van der Waals surface area (Å²) in [6, 6.07) is 4.79. The Morgan fingerprint density at radius 1 is 1.19 bits per heavy atom. The van der Waals surface area contributed by atoms with Gasteiger partial charge in [-0.1, -0.05) is 0 Å². The lowest BCUT2D eigenvalue weighted by Crippen LogP contribution is -2.57. The van der Waals surface area contributed by atoms with Gasteiger partial charge in [0.1, 0.15) is 18.3 Å². The van der Waals surface area contributed by atoms with Crippen molar-refractivity contribution in [2.45, 2.75) is 44.6 Å². The molecule has 1 aliphatic heterocycles. The quantitative estimate of drug-likeness (QED) is 0.487. The molecule has 0 bridgehead atoms. The fraction of sp³-hybridized carbons (Fsp3) is 0.412. The average molecular weight is 364 g/mol. The van der Waals surface area contributed by atoms with Gasteiger partial charge >= 0.3 is 5.97 Å². The molecule has 0 radical (unpaired) electrons. The first-order valence-electron chi connectivity index (χ1n) is 8.07. The number of rotatable bonds is 3. The van der Waals surface area contributed by atoms with Crippen molar-refractivity contribution in [1.82, 2.24) is 4.98 Å². The predicted molar refractivity (Wildman–Crippen MR) is 90.4 cm³/mol.